The maximum Gasteiger partial charge on any atom is 0.422 e. The minimum absolute atomic E-state index is 0.0336. The number of aromatic nitrogens is 1. The summed E-state index contributed by atoms with van der Waals surface area (Å²) in [6, 6.07) is 3.98. The Kier molecular flexibility index (Phi) is 1.73. The summed E-state index contributed by atoms with van der Waals surface area (Å²) in [6.07, 6.45) is 0. The van der Waals surface area contributed by atoms with Crippen LogP contribution in [0.2, 0.25) is 0 Å². The Morgan fingerprint density at radius 1 is 1.36 bits per heavy atom. The molecule has 4 nitrogen and oxygen atoms in total. The fraction of sp³-hybridized carbons (Fsp3) is 0.111. The van der Waals surface area contributed by atoms with Crippen molar-refractivity contribution in [2.75, 3.05) is 0 Å². The van der Waals surface area contributed by atoms with Crippen LogP contribution in [0.3, 0.4) is 0 Å². The molecule has 0 N–H and O–H groups in total. The Hall–Kier alpha value is -1.91. The number of hydrogen-bond acceptors (Lipinski definition) is 3. The Morgan fingerprint density at radius 3 is 2.79 bits per heavy atom. The van der Waals surface area contributed by atoms with Crippen LogP contribution in [0.5, 0.6) is 0 Å². The molecule has 0 radical (unpaired) electrons. The molecule has 14 heavy (non-hydrogen) atoms. The maximum atomic E-state index is 13.3. The van der Waals surface area contributed by atoms with Gasteiger partial charge in [0.1, 0.15) is 5.82 Å². The monoisotopic (exact) mass is 195 g/mol. The van der Waals surface area contributed by atoms with Gasteiger partial charge in [0.05, 0.1) is 10.9 Å². The molecule has 0 unspecified atom stereocenters. The zero-order valence-corrected chi connectivity index (χ0v) is 7.28. The van der Waals surface area contributed by atoms with Crippen molar-refractivity contribution in [3.63, 3.8) is 0 Å². The van der Waals surface area contributed by atoms with Crippen molar-refractivity contribution >= 4 is 10.9 Å². The van der Waals surface area contributed by atoms with Gasteiger partial charge in [-0.3, -0.25) is 4.57 Å². The third kappa shape index (κ3) is 1.06. The number of halogens is 1. The molecule has 1 heterocycles. The van der Waals surface area contributed by atoms with Crippen LogP contribution in [-0.2, 0) is 7.05 Å². The zero-order valence-electron chi connectivity index (χ0n) is 7.28. The Balaban J connectivity index is 3.19. The molecule has 0 fully saturated rings. The van der Waals surface area contributed by atoms with Crippen molar-refractivity contribution < 1.29 is 8.81 Å². The van der Waals surface area contributed by atoms with Crippen molar-refractivity contribution in [1.29, 1.82) is 0 Å². The van der Waals surface area contributed by atoms with E-state index in [9.17, 15) is 14.0 Å². The fourth-order valence-electron chi connectivity index (χ4n) is 1.31. The number of para-hydroxylation sites is 1. The maximum absolute atomic E-state index is 13.3. The predicted octanol–water partition coefficient (Wildman–Crippen LogP) is 0.631. The second-order valence-electron chi connectivity index (χ2n) is 2.85. The first-order chi connectivity index (χ1) is 6.61. The van der Waals surface area contributed by atoms with E-state index in [0.29, 0.717) is 0 Å². The van der Waals surface area contributed by atoms with Gasteiger partial charge in [0.15, 0.2) is 0 Å². The SMILES string of the molecule is Cn1c(=O)oc(=O)c2cccc(F)c21. The fourth-order valence-corrected chi connectivity index (χ4v) is 1.31. The first kappa shape index (κ1) is 8.68. The van der Waals surface area contributed by atoms with E-state index in [1.165, 1.54) is 25.2 Å². The van der Waals surface area contributed by atoms with E-state index in [-0.39, 0.29) is 10.9 Å². The van der Waals surface area contributed by atoms with Crippen LogP contribution >= 0.6 is 0 Å². The molecule has 0 bridgehead atoms. The molecule has 0 aliphatic heterocycles. The largest absolute Gasteiger partial charge is 0.422 e. The summed E-state index contributed by atoms with van der Waals surface area (Å²) >= 11 is 0. The Bertz CT molecular complexity index is 611. The molecule has 1 aromatic heterocycles. The number of benzene rings is 1. The number of hydrogen-bond donors (Lipinski definition) is 0. The van der Waals surface area contributed by atoms with Crippen LogP contribution < -0.4 is 11.4 Å². The normalized spacial score (nSPS) is 10.7. The molecule has 2 rings (SSSR count). The minimum Gasteiger partial charge on any atom is -0.372 e. The number of fused-ring (bicyclic) bond motifs is 1. The van der Waals surface area contributed by atoms with E-state index < -0.39 is 17.2 Å². The number of nitrogens with zero attached hydrogens (tertiary/aromatic N) is 1. The quantitative estimate of drug-likeness (QED) is 0.619. The summed E-state index contributed by atoms with van der Waals surface area (Å²) in [5, 5.41) is 0.0621. The van der Waals surface area contributed by atoms with Gasteiger partial charge in [0.2, 0.25) is 0 Å². The number of aryl methyl sites for hydroxylation is 1. The van der Waals surface area contributed by atoms with E-state index in [2.05, 4.69) is 4.42 Å². The van der Waals surface area contributed by atoms with Crippen molar-refractivity contribution in [1.82, 2.24) is 4.57 Å². The van der Waals surface area contributed by atoms with E-state index in [4.69, 9.17) is 0 Å². The van der Waals surface area contributed by atoms with Gasteiger partial charge in [-0.05, 0) is 12.1 Å². The van der Waals surface area contributed by atoms with Gasteiger partial charge in [0, 0.05) is 7.05 Å². The summed E-state index contributed by atoms with van der Waals surface area (Å²) in [5.74, 6) is -1.48. The molecule has 0 aliphatic carbocycles. The summed E-state index contributed by atoms with van der Waals surface area (Å²) in [4.78, 5) is 22.2. The molecule has 1 aromatic carbocycles. The number of rotatable bonds is 0. The van der Waals surface area contributed by atoms with Gasteiger partial charge in [-0.1, -0.05) is 6.07 Å². The lowest BCUT2D eigenvalue weighted by Crippen LogP contribution is -2.23. The van der Waals surface area contributed by atoms with E-state index in [1.54, 1.807) is 0 Å². The molecule has 0 spiro atoms. The van der Waals surface area contributed by atoms with Gasteiger partial charge in [-0.15, -0.1) is 0 Å². The van der Waals surface area contributed by atoms with Crippen LogP contribution in [0.15, 0.2) is 32.2 Å². The molecular weight excluding hydrogens is 189 g/mol. The van der Waals surface area contributed by atoms with Crippen LogP contribution in [0.25, 0.3) is 10.9 Å². The Morgan fingerprint density at radius 2 is 2.07 bits per heavy atom. The predicted molar refractivity (Wildman–Crippen MR) is 47.7 cm³/mol. The van der Waals surface area contributed by atoms with Crippen molar-refractivity contribution in [2.45, 2.75) is 0 Å². The van der Waals surface area contributed by atoms with E-state index in [1.807, 2.05) is 0 Å². The molecule has 0 amide bonds. The summed E-state index contributed by atoms with van der Waals surface area (Å²) in [7, 11) is 1.34. The van der Waals surface area contributed by atoms with Crippen molar-refractivity contribution in [3.05, 3.63) is 45.0 Å². The lowest BCUT2D eigenvalue weighted by atomic mass is 10.2. The van der Waals surface area contributed by atoms with Crippen LogP contribution in [-0.4, -0.2) is 4.57 Å². The third-order valence-corrected chi connectivity index (χ3v) is 2.00. The highest BCUT2D eigenvalue weighted by Gasteiger charge is 2.09. The molecular formula is C9H6FNO3. The van der Waals surface area contributed by atoms with E-state index in [0.717, 1.165) is 4.57 Å². The van der Waals surface area contributed by atoms with Crippen LogP contribution in [0, 0.1) is 5.82 Å². The van der Waals surface area contributed by atoms with E-state index >= 15 is 0 Å². The molecule has 0 atom stereocenters. The third-order valence-electron chi connectivity index (χ3n) is 2.00. The van der Waals surface area contributed by atoms with Crippen LogP contribution in [0.1, 0.15) is 0 Å². The molecule has 0 saturated heterocycles. The van der Waals surface area contributed by atoms with Gasteiger partial charge < -0.3 is 4.42 Å². The van der Waals surface area contributed by atoms with Crippen molar-refractivity contribution in [3.8, 4) is 0 Å². The topological polar surface area (TPSA) is 52.2 Å². The van der Waals surface area contributed by atoms with Gasteiger partial charge in [-0.2, -0.15) is 0 Å². The van der Waals surface area contributed by atoms with Gasteiger partial charge in [0.25, 0.3) is 0 Å². The lowest BCUT2D eigenvalue weighted by molar-refractivity contribution is 0.430. The molecule has 5 heteroatoms. The minimum atomic E-state index is -0.868. The molecule has 0 saturated carbocycles. The molecule has 0 aliphatic rings. The summed E-state index contributed by atoms with van der Waals surface area (Å²) in [6.45, 7) is 0. The average Bonchev–Trinajstić information content (AvgIpc) is 2.14. The smallest absolute Gasteiger partial charge is 0.372 e. The first-order valence-corrected chi connectivity index (χ1v) is 3.89. The highest BCUT2D eigenvalue weighted by atomic mass is 19.1. The Labute approximate surface area is 77.2 Å². The lowest BCUT2D eigenvalue weighted by Gasteiger charge is -2.01. The van der Waals surface area contributed by atoms with Gasteiger partial charge >= 0.3 is 11.4 Å². The molecule has 72 valence electrons. The zero-order chi connectivity index (χ0) is 10.3. The van der Waals surface area contributed by atoms with Gasteiger partial charge in [-0.25, -0.2) is 14.0 Å². The van der Waals surface area contributed by atoms with Crippen LogP contribution in [0.4, 0.5) is 4.39 Å². The second-order valence-corrected chi connectivity index (χ2v) is 2.85. The summed E-state index contributed by atoms with van der Waals surface area (Å²) < 4.78 is 18.6. The highest BCUT2D eigenvalue weighted by Crippen LogP contribution is 2.11. The standard InChI is InChI=1S/C9H6FNO3/c1-11-7-5(3-2-4-6(7)10)8(12)14-9(11)13/h2-4H,1H3. The molecule has 2 aromatic rings. The van der Waals surface area contributed by atoms with Crippen molar-refractivity contribution in [2.24, 2.45) is 7.05 Å². The second kappa shape index (κ2) is 2.80. The highest BCUT2D eigenvalue weighted by molar-refractivity contribution is 5.77. The summed E-state index contributed by atoms with van der Waals surface area (Å²) in [5.41, 5.74) is -0.851. The average molecular weight is 195 g/mol. The first-order valence-electron chi connectivity index (χ1n) is 3.89.